The van der Waals surface area contributed by atoms with Crippen molar-refractivity contribution in [2.45, 2.75) is 6.04 Å². The van der Waals surface area contributed by atoms with Gasteiger partial charge in [-0.3, -0.25) is 4.98 Å². The Kier molecular flexibility index (Phi) is 3.35. The SMILES string of the molecule is NC(c1cnc2ccccc2c1)c1ccc(F)c(F)c1F. The van der Waals surface area contributed by atoms with E-state index in [0.29, 0.717) is 5.56 Å². The lowest BCUT2D eigenvalue weighted by molar-refractivity contribution is 0.438. The van der Waals surface area contributed by atoms with Gasteiger partial charge in [0, 0.05) is 17.1 Å². The van der Waals surface area contributed by atoms with Crippen LogP contribution in [-0.4, -0.2) is 4.98 Å². The predicted octanol–water partition coefficient (Wildman–Crippen LogP) is 3.70. The van der Waals surface area contributed by atoms with Crippen LogP contribution in [0.3, 0.4) is 0 Å². The third-order valence-electron chi connectivity index (χ3n) is 3.37. The third-order valence-corrected chi connectivity index (χ3v) is 3.37. The predicted molar refractivity (Wildman–Crippen MR) is 74.1 cm³/mol. The molecule has 1 atom stereocenters. The van der Waals surface area contributed by atoms with E-state index >= 15 is 0 Å². The molecular formula is C16H11F3N2. The average molecular weight is 288 g/mol. The fraction of sp³-hybridized carbons (Fsp3) is 0.0625. The Labute approximate surface area is 119 Å². The van der Waals surface area contributed by atoms with Gasteiger partial charge in [-0.15, -0.1) is 0 Å². The van der Waals surface area contributed by atoms with Crippen molar-refractivity contribution in [3.8, 4) is 0 Å². The highest BCUT2D eigenvalue weighted by molar-refractivity contribution is 5.78. The highest BCUT2D eigenvalue weighted by atomic mass is 19.2. The Bertz CT molecular complexity index is 818. The van der Waals surface area contributed by atoms with Crippen molar-refractivity contribution >= 4 is 10.9 Å². The number of pyridine rings is 1. The standard InChI is InChI=1S/C16H11F3N2/c17-12-6-5-11(14(18)15(12)19)16(20)10-7-9-3-1-2-4-13(9)21-8-10/h1-8,16H,20H2. The number of para-hydroxylation sites is 1. The lowest BCUT2D eigenvalue weighted by Gasteiger charge is -2.14. The van der Waals surface area contributed by atoms with Crippen LogP contribution in [0.5, 0.6) is 0 Å². The third kappa shape index (κ3) is 2.36. The molecule has 0 saturated heterocycles. The molecule has 21 heavy (non-hydrogen) atoms. The summed E-state index contributed by atoms with van der Waals surface area (Å²) in [5.74, 6) is -4.02. The van der Waals surface area contributed by atoms with Crippen molar-refractivity contribution in [1.29, 1.82) is 0 Å². The van der Waals surface area contributed by atoms with Crippen LogP contribution in [-0.2, 0) is 0 Å². The van der Waals surface area contributed by atoms with Crippen LogP contribution >= 0.6 is 0 Å². The molecule has 1 heterocycles. The Morgan fingerprint density at radius 3 is 2.52 bits per heavy atom. The van der Waals surface area contributed by atoms with Gasteiger partial charge in [-0.1, -0.05) is 24.3 Å². The molecule has 0 spiro atoms. The van der Waals surface area contributed by atoms with E-state index in [1.807, 2.05) is 24.3 Å². The summed E-state index contributed by atoms with van der Waals surface area (Å²) in [6.07, 6.45) is 1.51. The molecule has 2 nitrogen and oxygen atoms in total. The normalized spacial score (nSPS) is 12.6. The summed E-state index contributed by atoms with van der Waals surface area (Å²) in [6, 6.07) is 10.2. The molecule has 1 aromatic heterocycles. The van der Waals surface area contributed by atoms with Gasteiger partial charge in [0.1, 0.15) is 0 Å². The van der Waals surface area contributed by atoms with Crippen LogP contribution in [0.4, 0.5) is 13.2 Å². The second kappa shape index (κ2) is 5.18. The first-order valence-electron chi connectivity index (χ1n) is 6.31. The molecule has 0 amide bonds. The molecule has 2 N–H and O–H groups in total. The zero-order chi connectivity index (χ0) is 15.0. The topological polar surface area (TPSA) is 38.9 Å². The summed E-state index contributed by atoms with van der Waals surface area (Å²) in [5.41, 5.74) is 7.16. The minimum absolute atomic E-state index is 0.106. The van der Waals surface area contributed by atoms with Gasteiger partial charge in [0.05, 0.1) is 11.6 Å². The Balaban J connectivity index is 2.08. The molecule has 0 fully saturated rings. The lowest BCUT2D eigenvalue weighted by Crippen LogP contribution is -2.15. The monoisotopic (exact) mass is 288 g/mol. The van der Waals surface area contributed by atoms with E-state index in [0.717, 1.165) is 23.0 Å². The van der Waals surface area contributed by atoms with Crippen molar-refractivity contribution < 1.29 is 13.2 Å². The van der Waals surface area contributed by atoms with Gasteiger partial charge < -0.3 is 5.73 Å². The number of nitrogens with zero attached hydrogens (tertiary/aromatic N) is 1. The second-order valence-electron chi connectivity index (χ2n) is 4.70. The first kappa shape index (κ1) is 13.6. The first-order valence-corrected chi connectivity index (χ1v) is 6.31. The molecule has 0 aliphatic rings. The Hall–Kier alpha value is -2.40. The van der Waals surface area contributed by atoms with Gasteiger partial charge in [-0.2, -0.15) is 0 Å². The molecule has 5 heteroatoms. The molecule has 0 aliphatic heterocycles. The zero-order valence-electron chi connectivity index (χ0n) is 10.9. The molecule has 0 radical (unpaired) electrons. The minimum Gasteiger partial charge on any atom is -0.320 e. The molecule has 0 bridgehead atoms. The van der Waals surface area contributed by atoms with Crippen LogP contribution in [0.25, 0.3) is 10.9 Å². The van der Waals surface area contributed by atoms with E-state index in [1.165, 1.54) is 6.20 Å². The van der Waals surface area contributed by atoms with E-state index < -0.39 is 23.5 Å². The number of aromatic nitrogens is 1. The molecule has 0 saturated carbocycles. The highest BCUT2D eigenvalue weighted by Gasteiger charge is 2.19. The maximum Gasteiger partial charge on any atom is 0.194 e. The molecule has 1 unspecified atom stereocenters. The number of rotatable bonds is 2. The average Bonchev–Trinajstić information content (AvgIpc) is 2.52. The van der Waals surface area contributed by atoms with E-state index in [9.17, 15) is 13.2 Å². The van der Waals surface area contributed by atoms with E-state index in [4.69, 9.17) is 5.73 Å². The van der Waals surface area contributed by atoms with Crippen molar-refractivity contribution in [2.75, 3.05) is 0 Å². The fourth-order valence-electron chi connectivity index (χ4n) is 2.22. The second-order valence-corrected chi connectivity index (χ2v) is 4.70. The van der Waals surface area contributed by atoms with Crippen molar-refractivity contribution in [3.63, 3.8) is 0 Å². The number of hydrogen-bond acceptors (Lipinski definition) is 2. The lowest BCUT2D eigenvalue weighted by atomic mass is 9.99. The van der Waals surface area contributed by atoms with Crippen LogP contribution < -0.4 is 5.73 Å². The number of halogens is 3. The summed E-state index contributed by atoms with van der Waals surface area (Å²) >= 11 is 0. The number of benzene rings is 2. The van der Waals surface area contributed by atoms with Gasteiger partial charge in [0.25, 0.3) is 0 Å². The minimum atomic E-state index is -1.52. The van der Waals surface area contributed by atoms with Crippen LogP contribution in [0.15, 0.2) is 48.7 Å². The molecule has 3 aromatic rings. The largest absolute Gasteiger partial charge is 0.320 e. The quantitative estimate of drug-likeness (QED) is 0.730. The fourth-order valence-corrected chi connectivity index (χ4v) is 2.22. The maximum atomic E-state index is 13.8. The van der Waals surface area contributed by atoms with E-state index in [1.54, 1.807) is 6.07 Å². The number of hydrogen-bond donors (Lipinski definition) is 1. The molecular weight excluding hydrogens is 277 g/mol. The molecule has 2 aromatic carbocycles. The summed E-state index contributed by atoms with van der Waals surface area (Å²) in [7, 11) is 0. The summed E-state index contributed by atoms with van der Waals surface area (Å²) in [4.78, 5) is 4.23. The highest BCUT2D eigenvalue weighted by Crippen LogP contribution is 2.26. The van der Waals surface area contributed by atoms with Crippen molar-refractivity contribution in [3.05, 3.63) is 77.2 Å². The smallest absolute Gasteiger partial charge is 0.194 e. The molecule has 3 rings (SSSR count). The summed E-state index contributed by atoms with van der Waals surface area (Å²) in [6.45, 7) is 0. The van der Waals surface area contributed by atoms with Crippen LogP contribution in [0.1, 0.15) is 17.2 Å². The van der Waals surface area contributed by atoms with Crippen molar-refractivity contribution in [2.24, 2.45) is 5.73 Å². The van der Waals surface area contributed by atoms with Gasteiger partial charge in [-0.25, -0.2) is 13.2 Å². The Morgan fingerprint density at radius 2 is 1.71 bits per heavy atom. The molecule has 0 aliphatic carbocycles. The van der Waals surface area contributed by atoms with Crippen molar-refractivity contribution in [1.82, 2.24) is 4.98 Å². The van der Waals surface area contributed by atoms with Gasteiger partial charge in [0.2, 0.25) is 0 Å². The molecule has 106 valence electrons. The Morgan fingerprint density at radius 1 is 0.952 bits per heavy atom. The van der Waals surface area contributed by atoms with Crippen LogP contribution in [0.2, 0.25) is 0 Å². The van der Waals surface area contributed by atoms with E-state index in [2.05, 4.69) is 4.98 Å². The maximum absolute atomic E-state index is 13.8. The van der Waals surface area contributed by atoms with E-state index in [-0.39, 0.29) is 5.56 Å². The first-order chi connectivity index (χ1) is 10.1. The number of nitrogens with two attached hydrogens (primary N) is 1. The summed E-state index contributed by atoms with van der Waals surface area (Å²) < 4.78 is 40.1. The summed E-state index contributed by atoms with van der Waals surface area (Å²) in [5, 5.41) is 0.841. The van der Waals surface area contributed by atoms with Crippen LogP contribution in [0, 0.1) is 17.5 Å². The van der Waals surface area contributed by atoms with Gasteiger partial charge in [0.15, 0.2) is 17.5 Å². The van der Waals surface area contributed by atoms with Gasteiger partial charge in [-0.05, 0) is 23.8 Å². The zero-order valence-corrected chi connectivity index (χ0v) is 10.9. The van der Waals surface area contributed by atoms with Gasteiger partial charge >= 0.3 is 0 Å². The number of fused-ring (bicyclic) bond motifs is 1.